The van der Waals surface area contributed by atoms with E-state index >= 15 is 0 Å². The van der Waals surface area contributed by atoms with Gasteiger partial charge in [0.25, 0.3) is 5.56 Å². The summed E-state index contributed by atoms with van der Waals surface area (Å²) in [5.41, 5.74) is 3.28. The van der Waals surface area contributed by atoms with Crippen LogP contribution in [0.15, 0.2) is 41.6 Å². The molecule has 0 bridgehead atoms. The lowest BCUT2D eigenvalue weighted by Crippen LogP contribution is -2.26. The first-order chi connectivity index (χ1) is 13.6. The van der Waals surface area contributed by atoms with E-state index in [0.717, 1.165) is 36.1 Å². The first-order valence-electron chi connectivity index (χ1n) is 9.69. The number of likely N-dealkylation sites (tertiary alicyclic amines) is 1. The van der Waals surface area contributed by atoms with Gasteiger partial charge in [-0.15, -0.1) is 5.10 Å². The maximum atomic E-state index is 13.5. The molecule has 8 nitrogen and oxygen atoms in total. The number of rotatable bonds is 3. The summed E-state index contributed by atoms with van der Waals surface area (Å²) in [6.45, 7) is 5.09. The largest absolute Gasteiger partial charge is 0.302 e. The second kappa shape index (κ2) is 6.27. The number of imidazole rings is 1. The van der Waals surface area contributed by atoms with Gasteiger partial charge in [0.1, 0.15) is 6.33 Å². The van der Waals surface area contributed by atoms with Crippen LogP contribution in [0.1, 0.15) is 44.5 Å². The fourth-order valence-electron chi connectivity index (χ4n) is 4.40. The van der Waals surface area contributed by atoms with Crippen molar-refractivity contribution in [3.8, 4) is 5.82 Å². The van der Waals surface area contributed by atoms with Crippen molar-refractivity contribution in [2.24, 2.45) is 0 Å². The van der Waals surface area contributed by atoms with Crippen molar-refractivity contribution in [3.63, 3.8) is 0 Å². The van der Waals surface area contributed by atoms with E-state index in [0.29, 0.717) is 11.3 Å². The van der Waals surface area contributed by atoms with Crippen LogP contribution >= 0.6 is 0 Å². The molecule has 1 fully saturated rings. The molecule has 0 aliphatic carbocycles. The molecule has 1 unspecified atom stereocenters. The zero-order valence-corrected chi connectivity index (χ0v) is 16.3. The summed E-state index contributed by atoms with van der Waals surface area (Å²) >= 11 is 0. The summed E-state index contributed by atoms with van der Waals surface area (Å²) in [4.78, 5) is 20.4. The van der Waals surface area contributed by atoms with Crippen LogP contribution in [-0.2, 0) is 0 Å². The Morgan fingerprint density at radius 3 is 2.68 bits per heavy atom. The molecule has 0 spiro atoms. The van der Waals surface area contributed by atoms with E-state index < -0.39 is 0 Å². The fourth-order valence-corrected chi connectivity index (χ4v) is 4.40. The third-order valence-electron chi connectivity index (χ3n) is 5.72. The third-order valence-corrected chi connectivity index (χ3v) is 5.72. The van der Waals surface area contributed by atoms with E-state index in [1.807, 2.05) is 47.1 Å². The van der Waals surface area contributed by atoms with Crippen LogP contribution in [0, 0.1) is 0 Å². The van der Waals surface area contributed by atoms with Crippen LogP contribution in [0.5, 0.6) is 0 Å². The highest BCUT2D eigenvalue weighted by molar-refractivity contribution is 5.81. The van der Waals surface area contributed by atoms with Crippen molar-refractivity contribution in [2.75, 3.05) is 13.6 Å². The zero-order valence-electron chi connectivity index (χ0n) is 16.3. The average Bonchev–Trinajstić information content (AvgIpc) is 3.39. The number of benzene rings is 1. The number of aromatic nitrogens is 6. The molecule has 28 heavy (non-hydrogen) atoms. The lowest BCUT2D eigenvalue weighted by atomic mass is 10.1. The summed E-state index contributed by atoms with van der Waals surface area (Å²) in [5, 5.41) is 8.44. The normalized spacial score (nSPS) is 18.1. The zero-order chi connectivity index (χ0) is 19.4. The Bertz CT molecular complexity index is 1230. The van der Waals surface area contributed by atoms with Gasteiger partial charge >= 0.3 is 0 Å². The van der Waals surface area contributed by atoms with Crippen LogP contribution in [0.4, 0.5) is 0 Å². The number of para-hydroxylation sites is 2. The highest BCUT2D eigenvalue weighted by atomic mass is 16.1. The third kappa shape index (κ3) is 2.34. The number of hydrogen-bond donors (Lipinski definition) is 0. The lowest BCUT2D eigenvalue weighted by Gasteiger charge is -2.19. The van der Waals surface area contributed by atoms with E-state index in [1.54, 1.807) is 17.2 Å². The predicted octanol–water partition coefficient (Wildman–Crippen LogP) is 2.58. The van der Waals surface area contributed by atoms with Crippen molar-refractivity contribution in [3.05, 3.63) is 52.8 Å². The van der Waals surface area contributed by atoms with Gasteiger partial charge < -0.3 is 4.57 Å². The Hall–Kier alpha value is -3.00. The van der Waals surface area contributed by atoms with Gasteiger partial charge in [-0.05, 0) is 52.4 Å². The molecule has 5 rings (SSSR count). The molecule has 3 aromatic heterocycles. The molecule has 8 heteroatoms. The van der Waals surface area contributed by atoms with E-state index in [4.69, 9.17) is 0 Å². The second-order valence-corrected chi connectivity index (χ2v) is 7.75. The SMILES string of the molecule is CC(C)n1c(=O)c2c(-n3nncc3C3CCCN3C)ncn2c2ccccc21. The van der Waals surface area contributed by atoms with Crippen LogP contribution in [0.2, 0.25) is 0 Å². The van der Waals surface area contributed by atoms with Gasteiger partial charge in [0, 0.05) is 6.04 Å². The van der Waals surface area contributed by atoms with Gasteiger partial charge in [-0.1, -0.05) is 17.3 Å². The summed E-state index contributed by atoms with van der Waals surface area (Å²) in [6, 6.07) is 8.19. The molecule has 0 saturated carbocycles. The highest BCUT2D eigenvalue weighted by Crippen LogP contribution is 2.31. The number of fused-ring (bicyclic) bond motifs is 3. The molecule has 1 atom stereocenters. The van der Waals surface area contributed by atoms with E-state index in [9.17, 15) is 4.79 Å². The van der Waals surface area contributed by atoms with Crippen LogP contribution < -0.4 is 5.56 Å². The summed E-state index contributed by atoms with van der Waals surface area (Å²) in [6.07, 6.45) is 5.69. The molecule has 1 aliphatic rings. The maximum Gasteiger partial charge on any atom is 0.279 e. The minimum Gasteiger partial charge on any atom is -0.302 e. The average molecular weight is 377 g/mol. The van der Waals surface area contributed by atoms with E-state index in [-0.39, 0.29) is 17.6 Å². The molecule has 0 amide bonds. The first kappa shape index (κ1) is 17.1. The Morgan fingerprint density at radius 2 is 1.96 bits per heavy atom. The molecular formula is C20H23N7O. The van der Waals surface area contributed by atoms with E-state index in [2.05, 4.69) is 27.2 Å². The Morgan fingerprint density at radius 1 is 1.18 bits per heavy atom. The Balaban J connectivity index is 1.82. The van der Waals surface area contributed by atoms with E-state index in [1.165, 1.54) is 0 Å². The highest BCUT2D eigenvalue weighted by Gasteiger charge is 2.28. The monoisotopic (exact) mass is 377 g/mol. The van der Waals surface area contributed by atoms with Crippen LogP contribution in [0.3, 0.4) is 0 Å². The van der Waals surface area contributed by atoms with Gasteiger partial charge in [-0.25, -0.2) is 4.98 Å². The van der Waals surface area contributed by atoms with Gasteiger partial charge in [-0.3, -0.25) is 14.1 Å². The minimum atomic E-state index is -0.0672. The van der Waals surface area contributed by atoms with Gasteiger partial charge in [0.15, 0.2) is 11.3 Å². The van der Waals surface area contributed by atoms with Crippen molar-refractivity contribution in [2.45, 2.75) is 38.8 Å². The minimum absolute atomic E-state index is 0.0290. The number of nitrogens with zero attached hydrogens (tertiary/aromatic N) is 7. The summed E-state index contributed by atoms with van der Waals surface area (Å²) < 4.78 is 5.44. The predicted molar refractivity (Wildman–Crippen MR) is 107 cm³/mol. The molecular weight excluding hydrogens is 354 g/mol. The van der Waals surface area contributed by atoms with Crippen molar-refractivity contribution in [1.29, 1.82) is 0 Å². The summed E-state index contributed by atoms with van der Waals surface area (Å²) in [7, 11) is 2.11. The van der Waals surface area contributed by atoms with Gasteiger partial charge in [0.05, 0.1) is 29.0 Å². The molecule has 144 valence electrons. The van der Waals surface area contributed by atoms with Crippen molar-refractivity contribution in [1.82, 2.24) is 33.8 Å². The Labute approximate surface area is 162 Å². The molecule has 1 saturated heterocycles. The Kier molecular flexibility index (Phi) is 3.83. The quantitative estimate of drug-likeness (QED) is 0.549. The lowest BCUT2D eigenvalue weighted by molar-refractivity contribution is 0.307. The van der Waals surface area contributed by atoms with Crippen LogP contribution in [-0.4, -0.2) is 47.4 Å². The first-order valence-corrected chi connectivity index (χ1v) is 9.69. The fraction of sp³-hybridized carbons (Fsp3) is 0.400. The smallest absolute Gasteiger partial charge is 0.279 e. The maximum absolute atomic E-state index is 13.5. The molecule has 0 radical (unpaired) electrons. The van der Waals surface area contributed by atoms with Crippen molar-refractivity contribution >= 4 is 16.6 Å². The molecule has 1 aromatic carbocycles. The molecule has 4 aromatic rings. The second-order valence-electron chi connectivity index (χ2n) is 7.75. The molecule has 4 heterocycles. The van der Waals surface area contributed by atoms with Crippen LogP contribution in [0.25, 0.3) is 22.4 Å². The molecule has 0 N–H and O–H groups in total. The standard InChI is InChI=1S/C20H23N7O/c1-13(2)26-16-8-5-4-7-15(16)25-12-21-19(18(25)20(26)28)27-17(11-22-23-27)14-9-6-10-24(14)3/h4-5,7-8,11-14H,6,9-10H2,1-3H3. The van der Waals surface area contributed by atoms with Crippen molar-refractivity contribution < 1.29 is 0 Å². The number of hydrogen-bond acceptors (Lipinski definition) is 5. The topological polar surface area (TPSA) is 73.2 Å². The van der Waals surface area contributed by atoms with Gasteiger partial charge in [0.2, 0.25) is 0 Å². The molecule has 1 aliphatic heterocycles. The van der Waals surface area contributed by atoms with Gasteiger partial charge in [-0.2, -0.15) is 4.68 Å². The summed E-state index contributed by atoms with van der Waals surface area (Å²) in [5.74, 6) is 0.540.